The summed E-state index contributed by atoms with van der Waals surface area (Å²) in [5.74, 6) is 2.17. The summed E-state index contributed by atoms with van der Waals surface area (Å²) in [4.78, 5) is 20.2. The highest BCUT2D eigenvalue weighted by Crippen LogP contribution is 2.35. The molecule has 0 aliphatic heterocycles. The molecule has 1 unspecified atom stereocenters. The third kappa shape index (κ3) is 4.79. The second kappa shape index (κ2) is 9.19. The Hall–Kier alpha value is -3.65. The van der Waals surface area contributed by atoms with Gasteiger partial charge in [0.15, 0.2) is 11.0 Å². The van der Waals surface area contributed by atoms with Gasteiger partial charge in [-0.2, -0.15) is 0 Å². The second-order valence-electron chi connectivity index (χ2n) is 9.53. The molecule has 0 aliphatic rings. The highest BCUT2D eigenvalue weighted by Gasteiger charge is 2.21. The van der Waals surface area contributed by atoms with Gasteiger partial charge in [0.1, 0.15) is 11.6 Å². The molecule has 5 rings (SSSR count). The lowest BCUT2D eigenvalue weighted by Crippen LogP contribution is -2.13. The molecule has 1 N–H and O–H groups in total. The van der Waals surface area contributed by atoms with E-state index >= 15 is 0 Å². The standard InChI is InChI=1S/C27H27N5O2S/c1-17(23-28-22-10-6-5-9-21(22)25(33)29-23)35-26-31-30-24(32(26)16-20-8-7-15-34-20)18-11-13-19(14-12-18)27(2,3)4/h5-15,17H,16H2,1-4H3,(H,28,29,33). The Morgan fingerprint density at radius 3 is 2.51 bits per heavy atom. The first kappa shape index (κ1) is 23.1. The second-order valence-corrected chi connectivity index (χ2v) is 10.8. The van der Waals surface area contributed by atoms with Gasteiger partial charge in [0.25, 0.3) is 5.56 Å². The van der Waals surface area contributed by atoms with Crippen LogP contribution in [0.2, 0.25) is 0 Å². The first-order valence-corrected chi connectivity index (χ1v) is 12.4. The molecule has 8 heteroatoms. The number of nitrogens with one attached hydrogen (secondary N) is 1. The molecule has 0 spiro atoms. The van der Waals surface area contributed by atoms with Gasteiger partial charge < -0.3 is 9.40 Å². The molecule has 178 valence electrons. The SMILES string of the molecule is CC(Sc1nnc(-c2ccc(C(C)(C)C)cc2)n1Cc1ccco1)c1nc2ccccc2c(=O)[nH]1. The number of thioether (sulfide) groups is 1. The van der Waals surface area contributed by atoms with Crippen molar-refractivity contribution in [1.29, 1.82) is 0 Å². The van der Waals surface area contributed by atoms with Crippen molar-refractivity contribution in [2.45, 2.75) is 50.1 Å². The van der Waals surface area contributed by atoms with E-state index < -0.39 is 0 Å². The maximum Gasteiger partial charge on any atom is 0.258 e. The van der Waals surface area contributed by atoms with E-state index in [1.807, 2.05) is 41.8 Å². The predicted octanol–water partition coefficient (Wildman–Crippen LogP) is 5.97. The van der Waals surface area contributed by atoms with Crippen molar-refractivity contribution in [3.8, 4) is 11.4 Å². The minimum absolute atomic E-state index is 0.0700. The van der Waals surface area contributed by atoms with Crippen molar-refractivity contribution in [3.05, 3.63) is 94.4 Å². The Labute approximate surface area is 207 Å². The maximum atomic E-state index is 12.6. The quantitative estimate of drug-likeness (QED) is 0.298. The smallest absolute Gasteiger partial charge is 0.258 e. The number of fused-ring (bicyclic) bond motifs is 1. The zero-order valence-electron chi connectivity index (χ0n) is 20.1. The third-order valence-corrected chi connectivity index (χ3v) is 7.01. The molecule has 35 heavy (non-hydrogen) atoms. The van der Waals surface area contributed by atoms with Crippen molar-refractivity contribution in [1.82, 2.24) is 24.7 Å². The average molecular weight is 486 g/mol. The molecule has 5 aromatic rings. The van der Waals surface area contributed by atoms with Gasteiger partial charge in [-0.1, -0.05) is 68.9 Å². The van der Waals surface area contributed by atoms with Crippen molar-refractivity contribution >= 4 is 22.7 Å². The summed E-state index contributed by atoms with van der Waals surface area (Å²) in [6.45, 7) is 9.09. The number of H-pyrrole nitrogens is 1. The van der Waals surface area contributed by atoms with Crippen LogP contribution in [-0.4, -0.2) is 24.7 Å². The van der Waals surface area contributed by atoms with Crippen LogP contribution in [-0.2, 0) is 12.0 Å². The van der Waals surface area contributed by atoms with E-state index in [1.54, 1.807) is 12.3 Å². The summed E-state index contributed by atoms with van der Waals surface area (Å²) in [5.41, 5.74) is 2.84. The number of aromatic nitrogens is 5. The van der Waals surface area contributed by atoms with E-state index in [0.29, 0.717) is 23.3 Å². The molecule has 0 bridgehead atoms. The van der Waals surface area contributed by atoms with E-state index in [0.717, 1.165) is 22.3 Å². The first-order valence-electron chi connectivity index (χ1n) is 11.5. The monoisotopic (exact) mass is 485 g/mol. The van der Waals surface area contributed by atoms with E-state index in [4.69, 9.17) is 4.42 Å². The van der Waals surface area contributed by atoms with Crippen molar-refractivity contribution in [3.63, 3.8) is 0 Å². The molecule has 2 aromatic carbocycles. The fraction of sp³-hybridized carbons (Fsp3) is 0.259. The van der Waals surface area contributed by atoms with Gasteiger partial charge in [-0.25, -0.2) is 4.98 Å². The Kier molecular flexibility index (Phi) is 6.06. The zero-order chi connectivity index (χ0) is 24.6. The molecule has 0 aliphatic carbocycles. The summed E-state index contributed by atoms with van der Waals surface area (Å²) in [6, 6.07) is 19.6. The summed E-state index contributed by atoms with van der Waals surface area (Å²) in [5, 5.41) is 10.2. The summed E-state index contributed by atoms with van der Waals surface area (Å²) < 4.78 is 7.67. The molecule has 3 heterocycles. The molecule has 0 saturated heterocycles. The topological polar surface area (TPSA) is 89.6 Å². The van der Waals surface area contributed by atoms with Crippen LogP contribution in [0.5, 0.6) is 0 Å². The van der Waals surface area contributed by atoms with Crippen LogP contribution in [0.1, 0.15) is 50.1 Å². The number of furan rings is 1. The summed E-state index contributed by atoms with van der Waals surface area (Å²) >= 11 is 1.50. The van der Waals surface area contributed by atoms with Gasteiger partial charge in [-0.15, -0.1) is 10.2 Å². The zero-order valence-corrected chi connectivity index (χ0v) is 21.0. The van der Waals surface area contributed by atoms with Crippen LogP contribution in [0, 0.1) is 0 Å². The van der Waals surface area contributed by atoms with E-state index in [2.05, 4.69) is 65.2 Å². The molecule has 7 nitrogen and oxygen atoms in total. The molecule has 1 atom stereocenters. The van der Waals surface area contributed by atoms with Crippen LogP contribution in [0.25, 0.3) is 22.3 Å². The lowest BCUT2D eigenvalue weighted by molar-refractivity contribution is 0.485. The Morgan fingerprint density at radius 1 is 1.03 bits per heavy atom. The Morgan fingerprint density at radius 2 is 1.80 bits per heavy atom. The molecular formula is C27H27N5O2S. The Bertz CT molecular complexity index is 1510. The number of hydrogen-bond donors (Lipinski definition) is 1. The minimum Gasteiger partial charge on any atom is -0.467 e. The van der Waals surface area contributed by atoms with Crippen LogP contribution in [0.3, 0.4) is 0 Å². The highest BCUT2D eigenvalue weighted by molar-refractivity contribution is 7.99. The van der Waals surface area contributed by atoms with Gasteiger partial charge in [0.05, 0.1) is 29.0 Å². The number of nitrogens with zero attached hydrogens (tertiary/aromatic N) is 4. The molecule has 0 radical (unpaired) electrons. The highest BCUT2D eigenvalue weighted by atomic mass is 32.2. The lowest BCUT2D eigenvalue weighted by atomic mass is 9.87. The number of benzene rings is 2. The number of rotatable bonds is 6. The summed E-state index contributed by atoms with van der Waals surface area (Å²) in [7, 11) is 0. The number of hydrogen-bond acceptors (Lipinski definition) is 6. The average Bonchev–Trinajstić information content (AvgIpc) is 3.49. The van der Waals surface area contributed by atoms with E-state index in [9.17, 15) is 4.79 Å². The van der Waals surface area contributed by atoms with Gasteiger partial charge in [-0.3, -0.25) is 9.36 Å². The van der Waals surface area contributed by atoms with Crippen molar-refractivity contribution in [2.24, 2.45) is 0 Å². The molecule has 0 fully saturated rings. The van der Waals surface area contributed by atoms with E-state index in [1.165, 1.54) is 17.3 Å². The van der Waals surface area contributed by atoms with Crippen LogP contribution in [0.15, 0.2) is 81.3 Å². The molecular weight excluding hydrogens is 458 g/mol. The summed E-state index contributed by atoms with van der Waals surface area (Å²) in [6.07, 6.45) is 1.66. The van der Waals surface area contributed by atoms with Crippen LogP contribution >= 0.6 is 11.8 Å². The third-order valence-electron chi connectivity index (χ3n) is 5.92. The van der Waals surface area contributed by atoms with Gasteiger partial charge in [0.2, 0.25) is 0 Å². The van der Waals surface area contributed by atoms with Gasteiger partial charge >= 0.3 is 0 Å². The molecule has 3 aromatic heterocycles. The Balaban J connectivity index is 1.50. The van der Waals surface area contributed by atoms with Gasteiger partial charge in [0, 0.05) is 5.56 Å². The molecule has 0 amide bonds. The van der Waals surface area contributed by atoms with Crippen LogP contribution < -0.4 is 5.56 Å². The fourth-order valence-corrected chi connectivity index (χ4v) is 4.83. The minimum atomic E-state index is -0.150. The number of aromatic amines is 1. The largest absolute Gasteiger partial charge is 0.467 e. The van der Waals surface area contributed by atoms with Crippen LogP contribution in [0.4, 0.5) is 0 Å². The predicted molar refractivity (Wildman–Crippen MR) is 139 cm³/mol. The maximum absolute atomic E-state index is 12.6. The fourth-order valence-electron chi connectivity index (χ4n) is 3.92. The van der Waals surface area contributed by atoms with E-state index in [-0.39, 0.29) is 16.2 Å². The van der Waals surface area contributed by atoms with Gasteiger partial charge in [-0.05, 0) is 42.2 Å². The van der Waals surface area contributed by atoms with Crippen molar-refractivity contribution in [2.75, 3.05) is 0 Å². The first-order chi connectivity index (χ1) is 16.8. The normalized spacial score (nSPS) is 12.8. The lowest BCUT2D eigenvalue weighted by Gasteiger charge is -2.19. The molecule has 0 saturated carbocycles. The van der Waals surface area contributed by atoms with Crippen molar-refractivity contribution < 1.29 is 4.42 Å². The number of para-hydroxylation sites is 1.